The van der Waals surface area contributed by atoms with Gasteiger partial charge in [-0.2, -0.15) is 0 Å². The summed E-state index contributed by atoms with van der Waals surface area (Å²) in [6, 6.07) is 11.7. The van der Waals surface area contributed by atoms with Gasteiger partial charge in [-0.05, 0) is 32.0 Å². The number of anilines is 1. The maximum Gasteiger partial charge on any atom is 0.340 e. The molecule has 0 radical (unpaired) electrons. The van der Waals surface area contributed by atoms with Crippen molar-refractivity contribution in [2.45, 2.75) is 19.9 Å². The molecule has 1 atom stereocenters. The Balaban J connectivity index is 2.18. The zero-order valence-electron chi connectivity index (χ0n) is 14.4. The Morgan fingerprint density at radius 2 is 1.85 bits per heavy atom. The van der Waals surface area contributed by atoms with Crippen LogP contribution in [-0.4, -0.2) is 23.6 Å². The van der Waals surface area contributed by atoms with Gasteiger partial charge in [-0.3, -0.25) is 9.69 Å². The fourth-order valence-electron chi connectivity index (χ4n) is 2.99. The number of rotatable bonds is 4. The largest absolute Gasteiger partial charge is 0.503 e. The number of aliphatic hydroxyl groups is 1. The molecule has 1 aliphatic heterocycles. The monoisotopic (exact) mass is 355 g/mol. The molecule has 3 rings (SSSR count). The van der Waals surface area contributed by atoms with E-state index in [2.05, 4.69) is 0 Å². The summed E-state index contributed by atoms with van der Waals surface area (Å²) >= 11 is 0. The normalized spacial score (nSPS) is 17.0. The Morgan fingerprint density at radius 1 is 1.19 bits per heavy atom. The Hall–Kier alpha value is -3.15. The van der Waals surface area contributed by atoms with E-state index in [1.807, 2.05) is 6.92 Å². The zero-order valence-corrected chi connectivity index (χ0v) is 14.4. The van der Waals surface area contributed by atoms with Gasteiger partial charge in [-0.25, -0.2) is 9.18 Å². The Bertz CT molecular complexity index is 889. The molecule has 0 unspecified atom stereocenters. The minimum Gasteiger partial charge on any atom is -0.503 e. The highest BCUT2D eigenvalue weighted by atomic mass is 19.1. The van der Waals surface area contributed by atoms with E-state index >= 15 is 0 Å². The number of halogens is 1. The molecule has 5 nitrogen and oxygen atoms in total. The molecular weight excluding hydrogens is 337 g/mol. The maximum atomic E-state index is 14.5. The lowest BCUT2D eigenvalue weighted by atomic mass is 9.98. The Kier molecular flexibility index (Phi) is 4.75. The van der Waals surface area contributed by atoms with Crippen molar-refractivity contribution >= 4 is 17.6 Å². The van der Waals surface area contributed by atoms with Gasteiger partial charge < -0.3 is 9.84 Å². The van der Waals surface area contributed by atoms with Gasteiger partial charge in [0, 0.05) is 11.3 Å². The molecule has 1 amide bonds. The van der Waals surface area contributed by atoms with E-state index in [1.54, 1.807) is 37.3 Å². The minimum atomic E-state index is -1.11. The number of nitrogens with zero attached hydrogens (tertiary/aromatic N) is 1. The van der Waals surface area contributed by atoms with Crippen LogP contribution in [0.3, 0.4) is 0 Å². The summed E-state index contributed by atoms with van der Waals surface area (Å²) in [7, 11) is 0. The van der Waals surface area contributed by atoms with Crippen molar-refractivity contribution in [3.05, 3.63) is 76.8 Å². The summed E-state index contributed by atoms with van der Waals surface area (Å²) in [6.45, 7) is 3.57. The molecule has 1 heterocycles. The number of carbonyl (C=O) groups excluding carboxylic acids is 2. The zero-order chi connectivity index (χ0) is 18.8. The lowest BCUT2D eigenvalue weighted by molar-refractivity contribution is -0.139. The number of benzene rings is 2. The van der Waals surface area contributed by atoms with Crippen LogP contribution in [0.15, 0.2) is 59.9 Å². The second-order valence-electron chi connectivity index (χ2n) is 5.92. The van der Waals surface area contributed by atoms with Crippen LogP contribution in [-0.2, 0) is 14.3 Å². The molecule has 134 valence electrons. The van der Waals surface area contributed by atoms with Crippen LogP contribution < -0.4 is 4.90 Å². The molecule has 1 aliphatic rings. The lowest BCUT2D eigenvalue weighted by Gasteiger charge is -2.27. The molecule has 2 aromatic carbocycles. The lowest BCUT2D eigenvalue weighted by Crippen LogP contribution is -2.31. The summed E-state index contributed by atoms with van der Waals surface area (Å²) < 4.78 is 19.5. The van der Waals surface area contributed by atoms with Gasteiger partial charge in [0.05, 0.1) is 6.61 Å². The fourth-order valence-corrected chi connectivity index (χ4v) is 2.99. The summed E-state index contributed by atoms with van der Waals surface area (Å²) in [5, 5.41) is 10.3. The van der Waals surface area contributed by atoms with Crippen LogP contribution in [0.5, 0.6) is 0 Å². The first-order valence-corrected chi connectivity index (χ1v) is 8.20. The van der Waals surface area contributed by atoms with E-state index < -0.39 is 29.5 Å². The Labute approximate surface area is 150 Å². The number of esters is 1. The van der Waals surface area contributed by atoms with Gasteiger partial charge in [0.2, 0.25) is 0 Å². The summed E-state index contributed by atoms with van der Waals surface area (Å²) in [6.07, 6.45) is 0. The Morgan fingerprint density at radius 3 is 2.46 bits per heavy atom. The topological polar surface area (TPSA) is 66.8 Å². The van der Waals surface area contributed by atoms with Crippen molar-refractivity contribution < 1.29 is 23.8 Å². The van der Waals surface area contributed by atoms with Crippen LogP contribution in [0.4, 0.5) is 10.1 Å². The minimum absolute atomic E-state index is 0.0678. The molecule has 26 heavy (non-hydrogen) atoms. The molecule has 0 saturated heterocycles. The molecule has 0 fully saturated rings. The quantitative estimate of drug-likeness (QED) is 0.851. The van der Waals surface area contributed by atoms with E-state index in [-0.39, 0.29) is 17.7 Å². The highest BCUT2D eigenvalue weighted by molar-refractivity contribution is 6.15. The third-order valence-corrected chi connectivity index (χ3v) is 4.22. The van der Waals surface area contributed by atoms with Crippen LogP contribution in [0.2, 0.25) is 0 Å². The van der Waals surface area contributed by atoms with E-state index in [9.17, 15) is 19.1 Å². The van der Waals surface area contributed by atoms with Crippen molar-refractivity contribution in [1.29, 1.82) is 0 Å². The summed E-state index contributed by atoms with van der Waals surface area (Å²) in [5.74, 6) is -2.93. The van der Waals surface area contributed by atoms with Crippen molar-refractivity contribution in [3.63, 3.8) is 0 Å². The first kappa shape index (κ1) is 17.7. The molecule has 0 saturated carbocycles. The standard InChI is InChI=1S/C20H18FNO4/c1-3-26-20(25)16-17(14-6-4-5-7-15(14)21)22(19(24)18(16)23)13-10-8-12(2)9-11-13/h4-11,17,23H,3H2,1-2H3/t17-/m0/s1. The SMILES string of the molecule is CCOC(=O)C1=C(O)C(=O)N(c2ccc(C)cc2)[C@H]1c1ccccc1F. The summed E-state index contributed by atoms with van der Waals surface area (Å²) in [5.41, 5.74) is 1.27. The second-order valence-corrected chi connectivity index (χ2v) is 5.92. The first-order chi connectivity index (χ1) is 12.5. The van der Waals surface area contributed by atoms with Crippen molar-refractivity contribution in [3.8, 4) is 0 Å². The van der Waals surface area contributed by atoms with Crippen LogP contribution in [0.1, 0.15) is 24.1 Å². The number of aryl methyl sites for hydroxylation is 1. The third-order valence-electron chi connectivity index (χ3n) is 4.22. The third kappa shape index (κ3) is 2.94. The molecule has 0 spiro atoms. The average Bonchev–Trinajstić information content (AvgIpc) is 2.88. The molecule has 6 heteroatoms. The number of aliphatic hydroxyl groups excluding tert-OH is 1. The fraction of sp³-hybridized carbons (Fsp3) is 0.200. The van der Waals surface area contributed by atoms with E-state index in [4.69, 9.17) is 4.74 Å². The van der Waals surface area contributed by atoms with Crippen molar-refractivity contribution in [1.82, 2.24) is 0 Å². The number of ether oxygens (including phenoxy) is 1. The molecule has 1 N–H and O–H groups in total. The van der Waals surface area contributed by atoms with Gasteiger partial charge in [0.25, 0.3) is 5.91 Å². The average molecular weight is 355 g/mol. The van der Waals surface area contributed by atoms with Gasteiger partial charge in [-0.1, -0.05) is 35.9 Å². The van der Waals surface area contributed by atoms with Crippen molar-refractivity contribution in [2.24, 2.45) is 0 Å². The number of hydrogen-bond donors (Lipinski definition) is 1. The molecular formula is C20H18FNO4. The first-order valence-electron chi connectivity index (χ1n) is 8.20. The van der Waals surface area contributed by atoms with Gasteiger partial charge in [-0.15, -0.1) is 0 Å². The predicted molar refractivity (Wildman–Crippen MR) is 94.1 cm³/mol. The number of hydrogen-bond acceptors (Lipinski definition) is 4. The predicted octanol–water partition coefficient (Wildman–Crippen LogP) is 3.60. The highest BCUT2D eigenvalue weighted by Gasteiger charge is 2.46. The smallest absolute Gasteiger partial charge is 0.340 e. The second kappa shape index (κ2) is 7.00. The summed E-state index contributed by atoms with van der Waals surface area (Å²) in [4.78, 5) is 26.3. The van der Waals surface area contributed by atoms with Crippen LogP contribution >= 0.6 is 0 Å². The van der Waals surface area contributed by atoms with Crippen molar-refractivity contribution in [2.75, 3.05) is 11.5 Å². The van der Waals surface area contributed by atoms with Crippen LogP contribution in [0, 0.1) is 12.7 Å². The van der Waals surface area contributed by atoms with E-state index in [1.165, 1.54) is 23.1 Å². The van der Waals surface area contributed by atoms with E-state index in [0.717, 1.165) is 5.56 Å². The molecule has 2 aromatic rings. The molecule has 0 bridgehead atoms. The van der Waals surface area contributed by atoms with Gasteiger partial charge in [0.1, 0.15) is 17.4 Å². The number of carbonyl (C=O) groups is 2. The maximum absolute atomic E-state index is 14.5. The van der Waals surface area contributed by atoms with Gasteiger partial charge >= 0.3 is 5.97 Å². The molecule has 0 aromatic heterocycles. The highest BCUT2D eigenvalue weighted by Crippen LogP contribution is 2.41. The molecule has 0 aliphatic carbocycles. The van der Waals surface area contributed by atoms with E-state index in [0.29, 0.717) is 5.69 Å². The van der Waals surface area contributed by atoms with Gasteiger partial charge in [0.15, 0.2) is 5.76 Å². The van der Waals surface area contributed by atoms with Crippen LogP contribution in [0.25, 0.3) is 0 Å². The number of amides is 1.